The fourth-order valence-electron chi connectivity index (χ4n) is 2.62. The number of carbonyl (C=O) groups is 4. The third-order valence-corrected chi connectivity index (χ3v) is 3.92. The second-order valence-electron chi connectivity index (χ2n) is 5.98. The van der Waals surface area contributed by atoms with Crippen molar-refractivity contribution in [2.45, 2.75) is 39.5 Å². The van der Waals surface area contributed by atoms with Crippen LogP contribution in [0.4, 0.5) is 0 Å². The molecule has 0 aromatic carbocycles. The molecule has 2 heterocycles. The average Bonchev–Trinajstić information content (AvgIpc) is 3.17. The van der Waals surface area contributed by atoms with Crippen LogP contribution in [0.25, 0.3) is 0 Å². The molecule has 2 aliphatic heterocycles. The van der Waals surface area contributed by atoms with Crippen molar-refractivity contribution in [1.29, 1.82) is 0 Å². The average molecular weight is 368 g/mol. The molecule has 0 saturated carbocycles. The summed E-state index contributed by atoms with van der Waals surface area (Å²) in [6.45, 7) is 6.38. The van der Waals surface area contributed by atoms with Crippen molar-refractivity contribution < 1.29 is 28.7 Å². The Morgan fingerprint density at radius 3 is 1.85 bits per heavy atom. The van der Waals surface area contributed by atoms with Crippen molar-refractivity contribution >= 4 is 23.8 Å². The van der Waals surface area contributed by atoms with Crippen molar-refractivity contribution in [3.8, 4) is 0 Å². The molecule has 0 aliphatic carbocycles. The summed E-state index contributed by atoms with van der Waals surface area (Å²) < 4.78 is 9.59. The number of hydrogen-bond donors (Lipinski definition) is 0. The minimum absolute atomic E-state index is 0.159. The smallest absolute Gasteiger partial charge is 0.330 e. The van der Waals surface area contributed by atoms with Gasteiger partial charge < -0.3 is 19.3 Å². The van der Waals surface area contributed by atoms with Crippen LogP contribution < -0.4 is 0 Å². The van der Waals surface area contributed by atoms with Gasteiger partial charge in [-0.3, -0.25) is 14.4 Å². The molecule has 0 bridgehead atoms. The van der Waals surface area contributed by atoms with Crippen LogP contribution in [0.3, 0.4) is 0 Å². The lowest BCUT2D eigenvalue weighted by Gasteiger charge is -2.14. The molecule has 0 aromatic rings. The Morgan fingerprint density at radius 1 is 0.962 bits per heavy atom. The summed E-state index contributed by atoms with van der Waals surface area (Å²) in [5.41, 5.74) is 0. The topological polar surface area (TPSA) is 93.2 Å². The molecule has 2 amide bonds. The monoisotopic (exact) mass is 368 g/mol. The van der Waals surface area contributed by atoms with E-state index in [2.05, 4.69) is 0 Å². The Morgan fingerprint density at radius 2 is 1.46 bits per heavy atom. The van der Waals surface area contributed by atoms with E-state index in [1.165, 1.54) is 13.0 Å². The minimum atomic E-state index is -0.348. The van der Waals surface area contributed by atoms with E-state index in [1.54, 1.807) is 22.8 Å². The molecule has 0 atom stereocenters. The molecule has 2 fully saturated rings. The van der Waals surface area contributed by atoms with Crippen LogP contribution in [0.1, 0.15) is 39.5 Å². The fourth-order valence-corrected chi connectivity index (χ4v) is 2.62. The maximum Gasteiger partial charge on any atom is 0.330 e. The molecule has 0 unspecified atom stereocenters. The Balaban J connectivity index is 0.000000263. The Bertz CT molecular complexity index is 532. The Hall–Kier alpha value is -2.38. The summed E-state index contributed by atoms with van der Waals surface area (Å²) in [5, 5.41) is 0. The molecule has 2 saturated heterocycles. The molecule has 0 aromatic heterocycles. The fraction of sp³-hybridized carbons (Fsp3) is 0.667. The molecular weight excluding hydrogens is 340 g/mol. The molecule has 0 radical (unpaired) electrons. The zero-order valence-electron chi connectivity index (χ0n) is 15.6. The molecule has 2 rings (SSSR count). The van der Waals surface area contributed by atoms with Crippen LogP contribution in [-0.4, -0.2) is 72.9 Å². The van der Waals surface area contributed by atoms with Crippen molar-refractivity contribution in [2.75, 3.05) is 39.4 Å². The highest BCUT2D eigenvalue weighted by Crippen LogP contribution is 2.09. The van der Waals surface area contributed by atoms with Crippen LogP contribution in [0.15, 0.2) is 12.2 Å². The van der Waals surface area contributed by atoms with Crippen LogP contribution in [0.5, 0.6) is 0 Å². The molecule has 2 aliphatic rings. The first kappa shape index (κ1) is 21.7. The van der Waals surface area contributed by atoms with Gasteiger partial charge in [-0.1, -0.05) is 6.08 Å². The van der Waals surface area contributed by atoms with Crippen molar-refractivity contribution in [3.05, 3.63) is 12.2 Å². The number of hydrogen-bond acceptors (Lipinski definition) is 6. The molecule has 0 spiro atoms. The quantitative estimate of drug-likeness (QED) is 0.490. The molecule has 8 heteroatoms. The van der Waals surface area contributed by atoms with Crippen molar-refractivity contribution in [2.24, 2.45) is 0 Å². The van der Waals surface area contributed by atoms with E-state index in [0.29, 0.717) is 32.5 Å². The summed E-state index contributed by atoms with van der Waals surface area (Å²) in [4.78, 5) is 46.9. The first-order valence-electron chi connectivity index (χ1n) is 8.92. The van der Waals surface area contributed by atoms with E-state index in [1.807, 2.05) is 0 Å². The van der Waals surface area contributed by atoms with Gasteiger partial charge in [0, 0.05) is 38.9 Å². The van der Waals surface area contributed by atoms with Gasteiger partial charge in [-0.05, 0) is 19.8 Å². The Kier molecular flexibility index (Phi) is 10.0. The zero-order chi connectivity index (χ0) is 19.4. The van der Waals surface area contributed by atoms with E-state index < -0.39 is 0 Å². The largest absolute Gasteiger partial charge is 0.464 e. The van der Waals surface area contributed by atoms with Gasteiger partial charge >= 0.3 is 11.9 Å². The van der Waals surface area contributed by atoms with E-state index >= 15 is 0 Å². The van der Waals surface area contributed by atoms with Crippen molar-refractivity contribution in [3.63, 3.8) is 0 Å². The maximum absolute atomic E-state index is 11.1. The first-order chi connectivity index (χ1) is 12.4. The summed E-state index contributed by atoms with van der Waals surface area (Å²) in [6.07, 6.45) is 6.11. The summed E-state index contributed by atoms with van der Waals surface area (Å²) in [7, 11) is 0. The lowest BCUT2D eigenvalue weighted by Crippen LogP contribution is -2.29. The van der Waals surface area contributed by atoms with Crippen LogP contribution in [0, 0.1) is 0 Å². The maximum atomic E-state index is 11.1. The lowest BCUT2D eigenvalue weighted by molar-refractivity contribution is -0.142. The number of carbonyl (C=O) groups excluding carboxylic acids is 4. The van der Waals surface area contributed by atoms with Gasteiger partial charge in [0.05, 0.1) is 13.1 Å². The number of allylic oxidation sites excluding steroid dienone is 1. The predicted octanol–water partition coefficient (Wildman–Crippen LogP) is 0.900. The number of rotatable bonds is 7. The molecule has 0 N–H and O–H groups in total. The van der Waals surface area contributed by atoms with E-state index in [4.69, 9.17) is 9.47 Å². The SMILES string of the molecule is C/C=C\C(=O)OCCN1CCCC1=O.CC(=O)OCCN1CCCC1=O. The van der Waals surface area contributed by atoms with Gasteiger partial charge in [0.25, 0.3) is 0 Å². The summed E-state index contributed by atoms with van der Waals surface area (Å²) in [6, 6.07) is 0. The predicted molar refractivity (Wildman–Crippen MR) is 94.0 cm³/mol. The van der Waals surface area contributed by atoms with Gasteiger partial charge in [0.15, 0.2) is 0 Å². The third kappa shape index (κ3) is 8.64. The molecular formula is C18H28N2O6. The zero-order valence-corrected chi connectivity index (χ0v) is 15.6. The highest BCUT2D eigenvalue weighted by molar-refractivity contribution is 5.82. The second kappa shape index (κ2) is 12.1. The van der Waals surface area contributed by atoms with Crippen LogP contribution in [-0.2, 0) is 28.7 Å². The highest BCUT2D eigenvalue weighted by Gasteiger charge is 2.20. The molecule has 8 nitrogen and oxygen atoms in total. The molecule has 26 heavy (non-hydrogen) atoms. The van der Waals surface area contributed by atoms with Crippen LogP contribution in [0.2, 0.25) is 0 Å². The highest BCUT2D eigenvalue weighted by atomic mass is 16.5. The van der Waals surface area contributed by atoms with Gasteiger partial charge in [0.1, 0.15) is 13.2 Å². The standard InChI is InChI=1S/C10H15NO3.C8H13NO3/c1-2-4-10(13)14-8-7-11-6-3-5-9(11)12;1-7(10)12-6-5-9-4-2-3-8(9)11/h2,4H,3,5-8H2,1H3;2-6H2,1H3/b4-2-;. The van der Waals surface area contributed by atoms with Crippen LogP contribution >= 0.6 is 0 Å². The van der Waals surface area contributed by atoms with E-state index in [9.17, 15) is 19.2 Å². The van der Waals surface area contributed by atoms with E-state index in [0.717, 1.165) is 25.9 Å². The molecule has 146 valence electrons. The van der Waals surface area contributed by atoms with Gasteiger partial charge in [-0.2, -0.15) is 0 Å². The number of esters is 2. The van der Waals surface area contributed by atoms with Gasteiger partial charge in [-0.25, -0.2) is 4.79 Å². The number of nitrogens with zero attached hydrogens (tertiary/aromatic N) is 2. The number of ether oxygens (including phenoxy) is 2. The second-order valence-corrected chi connectivity index (χ2v) is 5.98. The summed E-state index contributed by atoms with van der Waals surface area (Å²) >= 11 is 0. The van der Waals surface area contributed by atoms with Crippen molar-refractivity contribution in [1.82, 2.24) is 9.80 Å². The summed E-state index contributed by atoms with van der Waals surface area (Å²) in [5.74, 6) is -0.310. The van der Waals surface area contributed by atoms with Gasteiger partial charge in [-0.15, -0.1) is 0 Å². The normalized spacial score (nSPS) is 16.7. The number of amides is 2. The first-order valence-corrected chi connectivity index (χ1v) is 8.92. The third-order valence-electron chi connectivity index (χ3n) is 3.92. The Labute approximate surface area is 154 Å². The number of likely N-dealkylation sites (tertiary alicyclic amines) is 2. The van der Waals surface area contributed by atoms with E-state index in [-0.39, 0.29) is 30.4 Å². The van der Waals surface area contributed by atoms with Gasteiger partial charge in [0.2, 0.25) is 11.8 Å². The lowest BCUT2D eigenvalue weighted by atomic mass is 10.4. The minimum Gasteiger partial charge on any atom is -0.464 e.